The number of nitrogens with zero attached hydrogens (tertiary/aromatic N) is 5. The van der Waals surface area contributed by atoms with Gasteiger partial charge in [-0.3, -0.25) is 20.0 Å². The summed E-state index contributed by atoms with van der Waals surface area (Å²) >= 11 is 0. The number of nitrogens with one attached hydrogen (secondary N) is 3. The van der Waals surface area contributed by atoms with Gasteiger partial charge in [0.15, 0.2) is 5.82 Å². The lowest BCUT2D eigenvalue weighted by atomic mass is 10.0. The first-order valence-electron chi connectivity index (χ1n) is 10.4. The average Bonchev–Trinajstić information content (AvgIpc) is 3.46. The minimum Gasteiger partial charge on any atom is -0.322 e. The van der Waals surface area contributed by atoms with Crippen LogP contribution in [0.1, 0.15) is 16.2 Å². The SMILES string of the molecule is CN(C)Cc1nc(-c2ccc3[nH]nc(-c4cccc(NC(=O)c5cccnc5)c4)c3c2)n[nH]1. The third-order valence-electron chi connectivity index (χ3n) is 5.14. The number of carbonyl (C=O) groups is 1. The summed E-state index contributed by atoms with van der Waals surface area (Å²) < 4.78 is 0. The molecule has 33 heavy (non-hydrogen) atoms. The summed E-state index contributed by atoms with van der Waals surface area (Å²) in [5.41, 5.74) is 4.64. The zero-order valence-corrected chi connectivity index (χ0v) is 18.2. The van der Waals surface area contributed by atoms with Gasteiger partial charge in [0.2, 0.25) is 0 Å². The quantitative estimate of drug-likeness (QED) is 0.372. The zero-order valence-electron chi connectivity index (χ0n) is 18.2. The second kappa shape index (κ2) is 8.64. The highest BCUT2D eigenvalue weighted by atomic mass is 16.1. The first-order chi connectivity index (χ1) is 16.1. The van der Waals surface area contributed by atoms with Crippen molar-refractivity contribution in [3.05, 3.63) is 78.4 Å². The number of aromatic amines is 2. The molecule has 9 heteroatoms. The third kappa shape index (κ3) is 4.35. The van der Waals surface area contributed by atoms with Gasteiger partial charge in [-0.2, -0.15) is 10.2 Å². The lowest BCUT2D eigenvalue weighted by molar-refractivity contribution is 0.102. The minimum atomic E-state index is -0.215. The van der Waals surface area contributed by atoms with Gasteiger partial charge in [-0.15, -0.1) is 0 Å². The Bertz CT molecular complexity index is 1420. The number of hydrogen-bond acceptors (Lipinski definition) is 6. The van der Waals surface area contributed by atoms with E-state index >= 15 is 0 Å². The number of benzene rings is 2. The van der Waals surface area contributed by atoms with E-state index < -0.39 is 0 Å². The molecule has 3 heterocycles. The minimum absolute atomic E-state index is 0.215. The van der Waals surface area contributed by atoms with E-state index in [-0.39, 0.29) is 5.91 Å². The van der Waals surface area contributed by atoms with Gasteiger partial charge in [0.1, 0.15) is 5.82 Å². The standard InChI is InChI=1S/C24H22N8O/c1-32(2)14-21-27-23(31-29-21)16-8-9-20-19(12-16)22(30-28-20)15-5-3-7-18(11-15)26-24(33)17-6-4-10-25-13-17/h3-13H,14H2,1-2H3,(H,26,33)(H,28,30)(H,27,29,31). The van der Waals surface area contributed by atoms with Crippen molar-refractivity contribution < 1.29 is 4.79 Å². The van der Waals surface area contributed by atoms with Gasteiger partial charge >= 0.3 is 0 Å². The van der Waals surface area contributed by atoms with Crippen LogP contribution in [0.5, 0.6) is 0 Å². The van der Waals surface area contributed by atoms with Crippen LogP contribution < -0.4 is 5.32 Å². The topological polar surface area (TPSA) is 115 Å². The summed E-state index contributed by atoms with van der Waals surface area (Å²) in [5, 5.41) is 18.8. The van der Waals surface area contributed by atoms with E-state index in [1.807, 2.05) is 61.5 Å². The second-order valence-electron chi connectivity index (χ2n) is 7.95. The van der Waals surface area contributed by atoms with E-state index in [1.165, 1.54) is 6.20 Å². The summed E-state index contributed by atoms with van der Waals surface area (Å²) in [4.78, 5) is 23.1. The van der Waals surface area contributed by atoms with Gasteiger partial charge in [0.05, 0.1) is 23.3 Å². The van der Waals surface area contributed by atoms with Gasteiger partial charge in [-0.05, 0) is 56.6 Å². The highest BCUT2D eigenvalue weighted by molar-refractivity contribution is 6.04. The normalized spacial score (nSPS) is 11.2. The fraction of sp³-hybridized carbons (Fsp3) is 0.125. The number of hydrogen-bond donors (Lipinski definition) is 3. The van der Waals surface area contributed by atoms with Crippen molar-refractivity contribution in [3.8, 4) is 22.6 Å². The van der Waals surface area contributed by atoms with Crippen molar-refractivity contribution in [1.82, 2.24) is 35.3 Å². The Labute approximate surface area is 189 Å². The number of pyridine rings is 1. The van der Waals surface area contributed by atoms with E-state index in [9.17, 15) is 4.79 Å². The first-order valence-corrected chi connectivity index (χ1v) is 10.4. The van der Waals surface area contributed by atoms with Crippen molar-refractivity contribution in [2.45, 2.75) is 6.54 Å². The Balaban J connectivity index is 1.45. The average molecular weight is 438 g/mol. The molecule has 0 spiro atoms. The van der Waals surface area contributed by atoms with Crippen LogP contribution in [0.25, 0.3) is 33.5 Å². The van der Waals surface area contributed by atoms with E-state index in [2.05, 4.69) is 35.7 Å². The summed E-state index contributed by atoms with van der Waals surface area (Å²) in [6, 6.07) is 17.0. The molecule has 0 saturated carbocycles. The van der Waals surface area contributed by atoms with Crippen LogP contribution >= 0.6 is 0 Å². The highest BCUT2D eigenvalue weighted by Crippen LogP contribution is 2.31. The second-order valence-corrected chi connectivity index (χ2v) is 7.95. The van der Waals surface area contributed by atoms with Gasteiger partial charge in [-0.25, -0.2) is 4.98 Å². The molecular weight excluding hydrogens is 416 g/mol. The van der Waals surface area contributed by atoms with Crippen LogP contribution in [0, 0.1) is 0 Å². The molecule has 0 unspecified atom stereocenters. The van der Waals surface area contributed by atoms with Crippen LogP contribution in [0.4, 0.5) is 5.69 Å². The molecule has 0 bridgehead atoms. The molecule has 0 aliphatic heterocycles. The molecule has 0 aliphatic rings. The predicted molar refractivity (Wildman–Crippen MR) is 126 cm³/mol. The Morgan fingerprint density at radius 2 is 1.91 bits per heavy atom. The molecule has 0 atom stereocenters. The molecular formula is C24H22N8O. The van der Waals surface area contributed by atoms with Crippen LogP contribution in [-0.2, 0) is 6.54 Å². The molecule has 5 rings (SSSR count). The van der Waals surface area contributed by atoms with Gasteiger partial charge in [-0.1, -0.05) is 12.1 Å². The number of fused-ring (bicyclic) bond motifs is 1. The van der Waals surface area contributed by atoms with Crippen LogP contribution in [0.15, 0.2) is 67.0 Å². The fourth-order valence-corrected chi connectivity index (χ4v) is 3.61. The zero-order chi connectivity index (χ0) is 22.8. The molecule has 0 saturated heterocycles. The summed E-state index contributed by atoms with van der Waals surface area (Å²) in [6.45, 7) is 0.684. The maximum atomic E-state index is 12.5. The van der Waals surface area contributed by atoms with Crippen molar-refractivity contribution in [3.63, 3.8) is 0 Å². The molecule has 164 valence electrons. The molecule has 0 radical (unpaired) electrons. The molecule has 0 fully saturated rings. The Kier molecular flexibility index (Phi) is 5.37. The van der Waals surface area contributed by atoms with Crippen LogP contribution in [-0.4, -0.2) is 55.3 Å². The molecule has 0 aliphatic carbocycles. The molecule has 2 aromatic carbocycles. The molecule has 5 aromatic rings. The summed E-state index contributed by atoms with van der Waals surface area (Å²) in [7, 11) is 3.97. The van der Waals surface area contributed by atoms with Gasteiger partial charge in [0.25, 0.3) is 5.91 Å². The number of carbonyl (C=O) groups excluding carboxylic acids is 1. The number of H-pyrrole nitrogens is 2. The Hall–Kier alpha value is -4.37. The Morgan fingerprint density at radius 3 is 2.73 bits per heavy atom. The first kappa shape index (κ1) is 20.5. The van der Waals surface area contributed by atoms with E-state index in [1.54, 1.807) is 18.3 Å². The number of rotatable bonds is 6. The lowest BCUT2D eigenvalue weighted by Gasteiger charge is -2.07. The summed E-state index contributed by atoms with van der Waals surface area (Å²) in [5.74, 6) is 1.23. The predicted octanol–water partition coefficient (Wildman–Crippen LogP) is 3.72. The third-order valence-corrected chi connectivity index (χ3v) is 5.14. The van der Waals surface area contributed by atoms with Crippen LogP contribution in [0.2, 0.25) is 0 Å². The van der Waals surface area contributed by atoms with Crippen molar-refractivity contribution in [1.29, 1.82) is 0 Å². The van der Waals surface area contributed by atoms with E-state index in [0.717, 1.165) is 33.5 Å². The van der Waals surface area contributed by atoms with Gasteiger partial charge < -0.3 is 10.2 Å². The molecule has 9 nitrogen and oxygen atoms in total. The molecule has 1 amide bonds. The Morgan fingerprint density at radius 1 is 1.00 bits per heavy atom. The largest absolute Gasteiger partial charge is 0.322 e. The van der Waals surface area contributed by atoms with E-state index in [4.69, 9.17) is 0 Å². The van der Waals surface area contributed by atoms with Crippen molar-refractivity contribution in [2.24, 2.45) is 0 Å². The van der Waals surface area contributed by atoms with Crippen LogP contribution in [0.3, 0.4) is 0 Å². The lowest BCUT2D eigenvalue weighted by Crippen LogP contribution is -2.11. The number of amides is 1. The smallest absolute Gasteiger partial charge is 0.257 e. The molecule has 3 aromatic heterocycles. The summed E-state index contributed by atoms with van der Waals surface area (Å²) in [6.07, 6.45) is 3.17. The number of aromatic nitrogens is 6. The number of anilines is 1. The monoisotopic (exact) mass is 438 g/mol. The highest BCUT2D eigenvalue weighted by Gasteiger charge is 2.13. The van der Waals surface area contributed by atoms with E-state index in [0.29, 0.717) is 23.6 Å². The maximum absolute atomic E-state index is 12.5. The molecule has 3 N–H and O–H groups in total. The maximum Gasteiger partial charge on any atom is 0.257 e. The fourth-order valence-electron chi connectivity index (χ4n) is 3.61. The van der Waals surface area contributed by atoms with Crippen molar-refractivity contribution in [2.75, 3.05) is 19.4 Å². The van der Waals surface area contributed by atoms with Crippen molar-refractivity contribution >= 4 is 22.5 Å². The van der Waals surface area contributed by atoms with Gasteiger partial charge in [0, 0.05) is 34.6 Å².